The van der Waals surface area contributed by atoms with Crippen LogP contribution >= 0.6 is 0 Å². The topological polar surface area (TPSA) is 63.6 Å². The third-order valence-corrected chi connectivity index (χ3v) is 11.0. The fraction of sp³-hybridized carbons (Fsp3) is 1.00. The summed E-state index contributed by atoms with van der Waals surface area (Å²) in [6.07, 6.45) is 6.72. The van der Waals surface area contributed by atoms with Gasteiger partial charge in [0, 0.05) is 12.5 Å². The zero-order valence-corrected chi connectivity index (χ0v) is 19.3. The van der Waals surface area contributed by atoms with Gasteiger partial charge >= 0.3 is 0 Å². The van der Waals surface area contributed by atoms with Gasteiger partial charge in [0.15, 0.2) is 9.84 Å². The van der Waals surface area contributed by atoms with E-state index < -0.39 is 27.5 Å². The van der Waals surface area contributed by atoms with Crippen molar-refractivity contribution in [3.05, 3.63) is 0 Å². The summed E-state index contributed by atoms with van der Waals surface area (Å²) in [6, 6.07) is 0. The highest BCUT2D eigenvalue weighted by molar-refractivity contribution is 7.92. The Morgan fingerprint density at radius 2 is 1.79 bits per heavy atom. The van der Waals surface area contributed by atoms with Gasteiger partial charge in [0.2, 0.25) is 0 Å². The maximum atomic E-state index is 13.9. The number of aliphatic hydroxyl groups is 1. The van der Waals surface area contributed by atoms with Crippen LogP contribution in [-0.4, -0.2) is 50.0 Å². The molecule has 0 aromatic heterocycles. The number of aliphatic hydroxyl groups excluding tert-OH is 1. The summed E-state index contributed by atoms with van der Waals surface area (Å²) in [6.45, 7) is 4.15. The molecule has 2 aliphatic carbocycles. The normalized spacial score (nSPS) is 45.3. The Balaban J connectivity index is 2.03. The van der Waals surface area contributed by atoms with Crippen molar-refractivity contribution < 1.29 is 22.7 Å². The molecule has 0 amide bonds. The van der Waals surface area contributed by atoms with Gasteiger partial charge in [0.1, 0.15) is 6.17 Å². The minimum Gasteiger partial charge on any atom is -0.392 e. The number of unbranched alkanes of at least 4 members (excludes halogenated alkanes) is 1. The zero-order chi connectivity index (χ0) is 21.2. The van der Waals surface area contributed by atoms with Crippen LogP contribution in [-0.2, 0) is 14.6 Å². The van der Waals surface area contributed by atoms with E-state index in [1.165, 1.54) is 0 Å². The van der Waals surface area contributed by atoms with Gasteiger partial charge in [0.25, 0.3) is 0 Å². The fourth-order valence-electron chi connectivity index (χ4n) is 6.75. The van der Waals surface area contributed by atoms with Gasteiger partial charge in [-0.1, -0.05) is 26.7 Å². The highest BCUT2D eigenvalue weighted by atomic mass is 32.2. The summed E-state index contributed by atoms with van der Waals surface area (Å²) in [5, 5.41) is 11.5. The van der Waals surface area contributed by atoms with Crippen LogP contribution in [0.3, 0.4) is 0 Å². The quantitative estimate of drug-likeness (QED) is 0.661. The molecule has 0 spiro atoms. The van der Waals surface area contributed by atoms with Crippen molar-refractivity contribution in [2.75, 3.05) is 12.9 Å². The lowest BCUT2D eigenvalue weighted by atomic mass is 9.60. The molecule has 1 heterocycles. The van der Waals surface area contributed by atoms with Crippen LogP contribution in [0.25, 0.3) is 0 Å². The Morgan fingerprint density at radius 1 is 1.10 bits per heavy atom. The van der Waals surface area contributed by atoms with Crippen molar-refractivity contribution in [3.8, 4) is 0 Å². The van der Waals surface area contributed by atoms with Crippen molar-refractivity contribution in [1.82, 2.24) is 0 Å². The summed E-state index contributed by atoms with van der Waals surface area (Å²) in [7, 11) is -1.60. The number of ether oxygens (including phenoxy) is 1. The number of rotatable bonds is 6. The number of fused-ring (bicyclic) bond motifs is 1. The molecule has 5 unspecified atom stereocenters. The van der Waals surface area contributed by atoms with Crippen molar-refractivity contribution in [2.24, 2.45) is 23.2 Å². The van der Waals surface area contributed by atoms with Crippen LogP contribution in [0, 0.1) is 23.2 Å². The van der Waals surface area contributed by atoms with Crippen LogP contribution in [0.4, 0.5) is 4.39 Å². The van der Waals surface area contributed by atoms with Crippen molar-refractivity contribution in [1.29, 1.82) is 0 Å². The molecule has 0 aromatic rings. The minimum absolute atomic E-state index is 0.0587. The Morgan fingerprint density at radius 3 is 2.38 bits per heavy atom. The Bertz CT molecular complexity index is 631. The van der Waals surface area contributed by atoms with Gasteiger partial charge in [-0.3, -0.25) is 0 Å². The molecular weight excluding hydrogens is 391 g/mol. The van der Waals surface area contributed by atoms with Crippen LogP contribution < -0.4 is 0 Å². The van der Waals surface area contributed by atoms with Gasteiger partial charge in [-0.15, -0.1) is 0 Å². The van der Waals surface area contributed by atoms with Gasteiger partial charge in [-0.2, -0.15) is 0 Å². The number of halogens is 1. The average molecular weight is 433 g/mol. The minimum atomic E-state index is -3.31. The molecule has 6 heteroatoms. The zero-order valence-electron chi connectivity index (χ0n) is 18.5. The fourth-order valence-corrected chi connectivity index (χ4v) is 9.60. The van der Waals surface area contributed by atoms with E-state index in [2.05, 4.69) is 6.92 Å². The Hall–Kier alpha value is -0.200. The van der Waals surface area contributed by atoms with Crippen LogP contribution in [0.5, 0.6) is 0 Å². The number of hydrogen-bond donors (Lipinski definition) is 1. The summed E-state index contributed by atoms with van der Waals surface area (Å²) in [4.78, 5) is 0. The van der Waals surface area contributed by atoms with Crippen molar-refractivity contribution >= 4 is 9.84 Å². The monoisotopic (exact) mass is 432 g/mol. The highest BCUT2D eigenvalue weighted by Crippen LogP contribution is 2.53. The molecule has 170 valence electrons. The first-order valence-electron chi connectivity index (χ1n) is 11.8. The first-order chi connectivity index (χ1) is 13.8. The van der Waals surface area contributed by atoms with Crippen LogP contribution in [0.2, 0.25) is 0 Å². The summed E-state index contributed by atoms with van der Waals surface area (Å²) < 4.78 is 46.7. The van der Waals surface area contributed by atoms with E-state index in [0.717, 1.165) is 38.5 Å². The number of alkyl halides is 1. The van der Waals surface area contributed by atoms with E-state index in [1.807, 2.05) is 6.92 Å². The second-order valence-corrected chi connectivity index (χ2v) is 12.3. The molecule has 2 saturated carbocycles. The first kappa shape index (κ1) is 23.5. The van der Waals surface area contributed by atoms with Crippen molar-refractivity contribution in [3.63, 3.8) is 0 Å². The Kier molecular flexibility index (Phi) is 7.70. The van der Waals surface area contributed by atoms with E-state index in [9.17, 15) is 17.9 Å². The molecule has 3 rings (SSSR count). The van der Waals surface area contributed by atoms with E-state index in [0.29, 0.717) is 32.1 Å². The third-order valence-electron chi connectivity index (χ3n) is 8.53. The second kappa shape index (κ2) is 9.52. The number of methoxy groups -OCH3 is 1. The van der Waals surface area contributed by atoms with E-state index in [-0.39, 0.29) is 34.9 Å². The van der Waals surface area contributed by atoms with E-state index in [1.54, 1.807) is 7.11 Å². The molecule has 1 saturated heterocycles. The molecule has 3 aliphatic rings. The first-order valence-corrected chi connectivity index (χ1v) is 13.6. The lowest BCUT2D eigenvalue weighted by molar-refractivity contribution is -0.0777. The Labute approximate surface area is 176 Å². The predicted octanol–water partition coefficient (Wildman–Crippen LogP) is 4.69. The number of hydrogen-bond acceptors (Lipinski definition) is 4. The van der Waals surface area contributed by atoms with Crippen LogP contribution in [0.1, 0.15) is 84.5 Å². The molecule has 0 radical (unpaired) electrons. The van der Waals surface area contributed by atoms with E-state index >= 15 is 0 Å². The highest BCUT2D eigenvalue weighted by Gasteiger charge is 2.56. The SMILES string of the molecule is CCCC[C@]1(CC)CS(=O)(=O)C2CCC(OC)CC2C(C2CCC(F)CC2)C1O. The molecule has 4 nitrogen and oxygen atoms in total. The largest absolute Gasteiger partial charge is 0.392 e. The third kappa shape index (κ3) is 4.69. The van der Waals surface area contributed by atoms with Gasteiger partial charge < -0.3 is 9.84 Å². The second-order valence-electron chi connectivity index (χ2n) is 10.0. The predicted molar refractivity (Wildman–Crippen MR) is 114 cm³/mol. The van der Waals surface area contributed by atoms with E-state index in [4.69, 9.17) is 4.74 Å². The lowest BCUT2D eigenvalue weighted by Gasteiger charge is -2.47. The van der Waals surface area contributed by atoms with Gasteiger partial charge in [-0.25, -0.2) is 12.8 Å². The molecule has 6 atom stereocenters. The summed E-state index contributed by atoms with van der Waals surface area (Å²) in [5.41, 5.74) is -0.577. The molecular formula is C23H41FO4S. The van der Waals surface area contributed by atoms with Gasteiger partial charge in [-0.05, 0) is 75.5 Å². The molecule has 3 fully saturated rings. The van der Waals surface area contributed by atoms with Crippen LogP contribution in [0.15, 0.2) is 0 Å². The summed E-state index contributed by atoms with van der Waals surface area (Å²) in [5.74, 6) is 0.163. The maximum Gasteiger partial charge on any atom is 0.154 e. The standard InChI is InChI=1S/C23H41FO4S/c1-4-6-13-23(5-2)15-29(26,27)20-12-11-18(28-3)14-19(20)21(22(23)25)16-7-9-17(24)10-8-16/h16-22,25H,4-15H2,1-3H3/t16?,17?,18?,19?,20?,21?,22?,23-/m1/s1. The van der Waals surface area contributed by atoms with Crippen molar-refractivity contribution in [2.45, 2.75) is 108 Å². The van der Waals surface area contributed by atoms with Gasteiger partial charge in [0.05, 0.1) is 23.2 Å². The molecule has 29 heavy (non-hydrogen) atoms. The molecule has 0 bridgehead atoms. The lowest BCUT2D eigenvalue weighted by Crippen LogP contribution is -2.48. The summed E-state index contributed by atoms with van der Waals surface area (Å²) >= 11 is 0. The molecule has 1 N–H and O–H groups in total. The molecule has 0 aromatic carbocycles. The maximum absolute atomic E-state index is 13.9. The average Bonchev–Trinajstić information content (AvgIpc) is 2.78. The number of sulfone groups is 1. The molecule has 1 aliphatic heterocycles. The smallest absolute Gasteiger partial charge is 0.154 e.